The van der Waals surface area contributed by atoms with Crippen LogP contribution >= 0.6 is 15.9 Å². The van der Waals surface area contributed by atoms with Gasteiger partial charge in [-0.1, -0.05) is 0 Å². The minimum Gasteiger partial charge on any atom is -0.462 e. The van der Waals surface area contributed by atoms with Crippen LogP contribution in [0.1, 0.15) is 24.2 Å². The zero-order valence-corrected chi connectivity index (χ0v) is 13.1. The Hall–Kier alpha value is -1.76. The summed E-state index contributed by atoms with van der Waals surface area (Å²) < 4.78 is 33.2. The molecular weight excluding hydrogens is 346 g/mol. The predicted octanol–water partition coefficient (Wildman–Crippen LogP) is 3.88. The van der Waals surface area contributed by atoms with E-state index in [1.807, 2.05) is 0 Å². The molecule has 0 saturated carbocycles. The molecule has 7 heteroatoms. The molecule has 112 valence electrons. The summed E-state index contributed by atoms with van der Waals surface area (Å²) in [7, 11) is 0. The standard InChI is InChI=1S/C14H13BrF2N2O2/c1-3-18-12-7(14(20)21-4-2)6-19-13-9(16)5-8(15)11(17)10(12)13/h5-6H,3-4H2,1-2H3,(H,18,19). The molecule has 2 aromatic rings. The number of nitrogens with one attached hydrogen (secondary N) is 1. The van der Waals surface area contributed by atoms with Gasteiger partial charge in [-0.05, 0) is 35.8 Å². The Kier molecular flexibility index (Phi) is 4.72. The molecule has 1 aromatic carbocycles. The van der Waals surface area contributed by atoms with Gasteiger partial charge in [0.2, 0.25) is 0 Å². The van der Waals surface area contributed by atoms with Gasteiger partial charge in [0.25, 0.3) is 0 Å². The molecule has 1 N–H and O–H groups in total. The smallest absolute Gasteiger partial charge is 0.341 e. The number of pyridine rings is 1. The molecule has 0 bridgehead atoms. The van der Waals surface area contributed by atoms with E-state index in [9.17, 15) is 13.6 Å². The normalized spacial score (nSPS) is 10.7. The van der Waals surface area contributed by atoms with Gasteiger partial charge < -0.3 is 10.1 Å². The molecule has 1 aromatic heterocycles. The van der Waals surface area contributed by atoms with E-state index in [-0.39, 0.29) is 33.2 Å². The fourth-order valence-electron chi connectivity index (χ4n) is 1.99. The number of benzene rings is 1. The summed E-state index contributed by atoms with van der Waals surface area (Å²) in [5.74, 6) is -1.99. The highest BCUT2D eigenvalue weighted by Crippen LogP contribution is 2.34. The lowest BCUT2D eigenvalue weighted by Gasteiger charge is -2.14. The lowest BCUT2D eigenvalue weighted by molar-refractivity contribution is 0.0527. The van der Waals surface area contributed by atoms with E-state index in [0.29, 0.717) is 6.54 Å². The minimum absolute atomic E-state index is 0.0329. The maximum atomic E-state index is 14.3. The largest absolute Gasteiger partial charge is 0.462 e. The lowest BCUT2D eigenvalue weighted by Crippen LogP contribution is -2.12. The first-order valence-corrected chi connectivity index (χ1v) is 7.17. The number of rotatable bonds is 4. The van der Waals surface area contributed by atoms with Gasteiger partial charge in [0, 0.05) is 12.7 Å². The number of carbonyl (C=O) groups is 1. The molecule has 0 radical (unpaired) electrons. The van der Waals surface area contributed by atoms with Gasteiger partial charge in [0.15, 0.2) is 5.82 Å². The molecular formula is C14H13BrF2N2O2. The molecule has 2 rings (SSSR count). The second-order valence-electron chi connectivity index (χ2n) is 4.18. The number of hydrogen-bond acceptors (Lipinski definition) is 4. The summed E-state index contributed by atoms with van der Waals surface area (Å²) in [6, 6.07) is 1.00. The quantitative estimate of drug-likeness (QED) is 0.665. The van der Waals surface area contributed by atoms with E-state index in [1.54, 1.807) is 13.8 Å². The number of anilines is 1. The minimum atomic E-state index is -0.680. The van der Waals surface area contributed by atoms with Crippen molar-refractivity contribution in [2.75, 3.05) is 18.5 Å². The van der Waals surface area contributed by atoms with Gasteiger partial charge in [-0.3, -0.25) is 4.98 Å². The van der Waals surface area contributed by atoms with Crippen molar-refractivity contribution in [3.8, 4) is 0 Å². The summed E-state index contributed by atoms with van der Waals surface area (Å²) in [4.78, 5) is 15.8. The topological polar surface area (TPSA) is 51.2 Å². The van der Waals surface area contributed by atoms with E-state index in [0.717, 1.165) is 6.07 Å². The molecule has 0 aliphatic heterocycles. The highest BCUT2D eigenvalue weighted by molar-refractivity contribution is 9.10. The monoisotopic (exact) mass is 358 g/mol. The van der Waals surface area contributed by atoms with Crippen molar-refractivity contribution in [1.82, 2.24) is 4.98 Å². The highest BCUT2D eigenvalue weighted by atomic mass is 79.9. The number of hydrogen-bond donors (Lipinski definition) is 1. The second kappa shape index (κ2) is 6.34. The maximum absolute atomic E-state index is 14.3. The van der Waals surface area contributed by atoms with Crippen molar-refractivity contribution in [3.63, 3.8) is 0 Å². The maximum Gasteiger partial charge on any atom is 0.341 e. The lowest BCUT2D eigenvalue weighted by atomic mass is 10.1. The first-order valence-electron chi connectivity index (χ1n) is 6.38. The molecule has 0 saturated heterocycles. The number of halogens is 3. The van der Waals surface area contributed by atoms with Crippen LogP contribution in [0.3, 0.4) is 0 Å². The van der Waals surface area contributed by atoms with E-state index in [4.69, 9.17) is 4.74 Å². The molecule has 0 spiro atoms. The first-order chi connectivity index (χ1) is 10.0. The highest BCUT2D eigenvalue weighted by Gasteiger charge is 2.22. The van der Waals surface area contributed by atoms with Gasteiger partial charge in [-0.25, -0.2) is 13.6 Å². The van der Waals surface area contributed by atoms with Gasteiger partial charge in [-0.2, -0.15) is 0 Å². The van der Waals surface area contributed by atoms with Crippen molar-refractivity contribution in [3.05, 3.63) is 33.9 Å². The first kappa shape index (κ1) is 15.6. The van der Waals surface area contributed by atoms with Crippen molar-refractivity contribution in [1.29, 1.82) is 0 Å². The Bertz CT molecular complexity index is 707. The molecule has 1 heterocycles. The SMILES string of the molecule is CCNc1c(C(=O)OCC)cnc2c(F)cc(Br)c(F)c12. The van der Waals surface area contributed by atoms with Gasteiger partial charge >= 0.3 is 5.97 Å². The molecule has 0 atom stereocenters. The molecule has 4 nitrogen and oxygen atoms in total. The van der Waals surface area contributed by atoms with Crippen molar-refractivity contribution >= 4 is 38.5 Å². The molecule has 0 aliphatic carbocycles. The zero-order chi connectivity index (χ0) is 15.6. The Morgan fingerprint density at radius 3 is 2.76 bits per heavy atom. The van der Waals surface area contributed by atoms with E-state index < -0.39 is 17.6 Å². The van der Waals surface area contributed by atoms with E-state index in [1.165, 1.54) is 6.20 Å². The van der Waals surface area contributed by atoms with Crippen LogP contribution in [-0.4, -0.2) is 24.1 Å². The van der Waals surface area contributed by atoms with Crippen LogP contribution in [0.4, 0.5) is 14.5 Å². The van der Waals surface area contributed by atoms with E-state index in [2.05, 4.69) is 26.2 Å². The van der Waals surface area contributed by atoms with Crippen LogP contribution in [-0.2, 0) is 4.74 Å². The van der Waals surface area contributed by atoms with Crippen molar-refractivity contribution in [2.24, 2.45) is 0 Å². The summed E-state index contributed by atoms with van der Waals surface area (Å²) in [6.45, 7) is 4.06. The number of carbonyl (C=O) groups excluding carboxylic acids is 1. The molecule has 0 unspecified atom stereocenters. The number of ether oxygens (including phenoxy) is 1. The third-order valence-electron chi connectivity index (χ3n) is 2.84. The summed E-state index contributed by atoms with van der Waals surface area (Å²) in [6.07, 6.45) is 1.19. The average Bonchev–Trinajstić information content (AvgIpc) is 2.45. The second-order valence-corrected chi connectivity index (χ2v) is 5.03. The van der Waals surface area contributed by atoms with Gasteiger partial charge in [0.1, 0.15) is 16.9 Å². The van der Waals surface area contributed by atoms with Crippen LogP contribution in [0, 0.1) is 11.6 Å². The Morgan fingerprint density at radius 1 is 1.43 bits per heavy atom. The summed E-state index contributed by atoms with van der Waals surface area (Å²) in [5.41, 5.74) is 0.112. The summed E-state index contributed by atoms with van der Waals surface area (Å²) in [5, 5.41) is 2.81. The average molecular weight is 359 g/mol. The third kappa shape index (κ3) is 2.83. The fraction of sp³-hybridized carbons (Fsp3) is 0.286. The summed E-state index contributed by atoms with van der Waals surface area (Å²) >= 11 is 2.96. The number of nitrogens with zero attached hydrogens (tertiary/aromatic N) is 1. The van der Waals surface area contributed by atoms with E-state index >= 15 is 0 Å². The molecule has 0 fully saturated rings. The van der Waals surface area contributed by atoms with Crippen LogP contribution in [0.25, 0.3) is 10.9 Å². The number of aromatic nitrogens is 1. The predicted molar refractivity (Wildman–Crippen MR) is 79.5 cm³/mol. The number of esters is 1. The van der Waals surface area contributed by atoms with Crippen LogP contribution in [0.15, 0.2) is 16.7 Å². The third-order valence-corrected chi connectivity index (χ3v) is 3.41. The number of fused-ring (bicyclic) bond motifs is 1. The fourth-order valence-corrected chi connectivity index (χ4v) is 2.39. The van der Waals surface area contributed by atoms with Crippen molar-refractivity contribution < 1.29 is 18.3 Å². The molecule has 21 heavy (non-hydrogen) atoms. The Balaban J connectivity index is 2.81. The molecule has 0 amide bonds. The Labute approximate surface area is 128 Å². The van der Waals surface area contributed by atoms with Crippen LogP contribution < -0.4 is 5.32 Å². The van der Waals surface area contributed by atoms with Gasteiger partial charge in [-0.15, -0.1) is 0 Å². The van der Waals surface area contributed by atoms with Crippen LogP contribution in [0.5, 0.6) is 0 Å². The van der Waals surface area contributed by atoms with Gasteiger partial charge in [0.05, 0.1) is 22.2 Å². The molecule has 0 aliphatic rings. The zero-order valence-electron chi connectivity index (χ0n) is 11.5. The van der Waals surface area contributed by atoms with Crippen LogP contribution in [0.2, 0.25) is 0 Å². The van der Waals surface area contributed by atoms with Crippen molar-refractivity contribution in [2.45, 2.75) is 13.8 Å². The Morgan fingerprint density at radius 2 is 2.14 bits per heavy atom.